The van der Waals surface area contributed by atoms with Crippen molar-refractivity contribution in [3.63, 3.8) is 0 Å². The van der Waals surface area contributed by atoms with Crippen molar-refractivity contribution < 1.29 is 35.9 Å². The number of hydrogen-bond acceptors (Lipinski definition) is 7. The first-order chi connectivity index (χ1) is 16.0. The van der Waals surface area contributed by atoms with E-state index >= 15 is 0 Å². The van der Waals surface area contributed by atoms with E-state index in [0.29, 0.717) is 29.4 Å². The molecule has 3 N–H and O–H groups in total. The van der Waals surface area contributed by atoms with Crippen LogP contribution in [0.3, 0.4) is 0 Å². The Morgan fingerprint density at radius 3 is 1.67 bits per heavy atom. The summed E-state index contributed by atoms with van der Waals surface area (Å²) < 4.78 is 79.5. The highest BCUT2D eigenvalue weighted by molar-refractivity contribution is 7.10. The largest absolute Gasteiger partial charge is 0.444 e. The van der Waals surface area contributed by atoms with Gasteiger partial charge in [-0.2, -0.15) is 26.3 Å². The Kier molecular flexibility index (Phi) is 9.02. The molecule has 2 aromatic rings. The summed E-state index contributed by atoms with van der Waals surface area (Å²) in [5.41, 5.74) is 2.53. The predicted octanol–water partition coefficient (Wildman–Crippen LogP) is 6.29. The lowest BCUT2D eigenvalue weighted by atomic mass is 10.1. The fourth-order valence-corrected chi connectivity index (χ4v) is 5.31. The summed E-state index contributed by atoms with van der Waals surface area (Å²) >= 11 is 2.05. The van der Waals surface area contributed by atoms with E-state index in [4.69, 9.17) is 10.5 Å². The maximum absolute atomic E-state index is 12.6. The van der Waals surface area contributed by atoms with Crippen molar-refractivity contribution in [2.75, 3.05) is 13.1 Å². The van der Waals surface area contributed by atoms with E-state index < -0.39 is 40.8 Å². The van der Waals surface area contributed by atoms with E-state index in [2.05, 4.69) is 15.3 Å². The van der Waals surface area contributed by atoms with Gasteiger partial charge in [-0.25, -0.2) is 14.8 Å². The van der Waals surface area contributed by atoms with E-state index in [0.717, 1.165) is 46.3 Å². The van der Waals surface area contributed by atoms with Gasteiger partial charge in [0.15, 0.2) is 11.4 Å². The lowest BCUT2D eigenvalue weighted by molar-refractivity contribution is -0.141. The van der Waals surface area contributed by atoms with Gasteiger partial charge in [-0.1, -0.05) is 0 Å². The molecular weight excluding hydrogens is 554 g/mol. The Hall–Kier alpha value is -1.64. The molecule has 0 unspecified atom stereocenters. The number of carbonyl (C=O) groups excluding carboxylic acids is 1. The third kappa shape index (κ3) is 7.68. The number of nitrogens with zero attached hydrogens (tertiary/aromatic N) is 2. The van der Waals surface area contributed by atoms with E-state index in [-0.39, 0.29) is 24.4 Å². The van der Waals surface area contributed by atoms with Crippen molar-refractivity contribution in [2.45, 2.75) is 75.2 Å². The molecule has 6 nitrogen and oxygen atoms in total. The van der Waals surface area contributed by atoms with Gasteiger partial charge < -0.3 is 15.8 Å². The lowest BCUT2D eigenvalue weighted by Crippen LogP contribution is -2.37. The minimum atomic E-state index is -4.43. The summed E-state index contributed by atoms with van der Waals surface area (Å²) in [4.78, 5) is 18.9. The molecule has 2 saturated carbocycles. The van der Waals surface area contributed by atoms with Crippen LogP contribution in [-0.2, 0) is 27.9 Å². The Morgan fingerprint density at radius 2 is 1.36 bits per heavy atom. The average molecular weight is 581 g/mol. The average Bonchev–Trinajstić information content (AvgIpc) is 3.56. The highest BCUT2D eigenvalue weighted by atomic mass is 35.5. The number of nitrogens with two attached hydrogens (primary N) is 1. The molecule has 0 spiro atoms. The molecule has 204 valence electrons. The van der Waals surface area contributed by atoms with Crippen LogP contribution < -0.4 is 11.1 Å². The smallest absolute Gasteiger partial charge is 0.434 e. The van der Waals surface area contributed by atoms with Crippen molar-refractivity contribution >= 4 is 41.2 Å². The van der Waals surface area contributed by atoms with Gasteiger partial charge >= 0.3 is 18.4 Å². The molecule has 0 aromatic carbocycles. The zero-order valence-electron chi connectivity index (χ0n) is 19.7. The Bertz CT molecular complexity index is 1040. The number of halogens is 7. The van der Waals surface area contributed by atoms with E-state index in [1.54, 1.807) is 20.8 Å². The third-order valence-electron chi connectivity index (χ3n) is 5.56. The third-order valence-corrected chi connectivity index (χ3v) is 7.74. The fourth-order valence-electron chi connectivity index (χ4n) is 3.12. The number of rotatable bonds is 5. The fraction of sp³-hybridized carbons (Fsp3) is 0.667. The zero-order valence-corrected chi connectivity index (χ0v) is 22.1. The minimum Gasteiger partial charge on any atom is -0.444 e. The van der Waals surface area contributed by atoms with Gasteiger partial charge in [-0.05, 0) is 46.5 Å². The molecule has 2 aliphatic carbocycles. The van der Waals surface area contributed by atoms with Gasteiger partial charge in [0.25, 0.3) is 0 Å². The number of thiazole rings is 2. The summed E-state index contributed by atoms with van der Waals surface area (Å²) in [6, 6.07) is 0. The molecule has 2 aliphatic rings. The van der Waals surface area contributed by atoms with Gasteiger partial charge in [-0.15, -0.1) is 35.1 Å². The van der Waals surface area contributed by atoms with Crippen molar-refractivity contribution in [2.24, 2.45) is 5.73 Å². The molecule has 0 saturated heterocycles. The number of aromatic nitrogens is 2. The molecular formula is C21H27ClF6N4O2S2. The zero-order chi connectivity index (χ0) is 26.3. The summed E-state index contributed by atoms with van der Waals surface area (Å²) in [6.07, 6.45) is -6.19. The van der Waals surface area contributed by atoms with E-state index in [1.807, 2.05) is 0 Å². The number of amides is 1. The normalized spacial score (nSPS) is 17.8. The van der Waals surface area contributed by atoms with Crippen LogP contribution in [0.4, 0.5) is 31.1 Å². The monoisotopic (exact) mass is 580 g/mol. The molecule has 15 heteroatoms. The van der Waals surface area contributed by atoms with Crippen molar-refractivity contribution in [1.82, 2.24) is 15.3 Å². The summed E-state index contributed by atoms with van der Waals surface area (Å²) in [5.74, 6) is 0. The Morgan fingerprint density at radius 1 is 0.944 bits per heavy atom. The van der Waals surface area contributed by atoms with Gasteiger partial charge in [-0.3, -0.25) is 0 Å². The van der Waals surface area contributed by atoms with Crippen molar-refractivity contribution in [3.05, 3.63) is 32.2 Å². The van der Waals surface area contributed by atoms with Crippen LogP contribution in [0, 0.1) is 0 Å². The number of hydrogen-bond donors (Lipinski definition) is 2. The topological polar surface area (TPSA) is 90.1 Å². The van der Waals surface area contributed by atoms with Crippen LogP contribution >= 0.6 is 35.1 Å². The first-order valence-corrected chi connectivity index (χ1v) is 12.5. The van der Waals surface area contributed by atoms with E-state index in [1.165, 1.54) is 0 Å². The molecule has 4 rings (SSSR count). The molecule has 2 fully saturated rings. The Labute approximate surface area is 218 Å². The number of carbonyl (C=O) groups is 1. The van der Waals surface area contributed by atoms with Crippen molar-refractivity contribution in [1.29, 1.82) is 0 Å². The second kappa shape index (κ2) is 10.6. The Balaban J connectivity index is 0.000000265. The van der Waals surface area contributed by atoms with Crippen LogP contribution in [0.1, 0.15) is 67.9 Å². The van der Waals surface area contributed by atoms with E-state index in [9.17, 15) is 31.1 Å². The quantitative estimate of drug-likeness (QED) is 0.406. The number of alkyl halides is 6. The van der Waals surface area contributed by atoms with Gasteiger partial charge in [0.2, 0.25) is 0 Å². The van der Waals surface area contributed by atoms with Crippen LogP contribution in [0.25, 0.3) is 0 Å². The second-order valence-electron chi connectivity index (χ2n) is 9.69. The number of nitrogens with one attached hydrogen (secondary N) is 1. The predicted molar refractivity (Wildman–Crippen MR) is 127 cm³/mol. The SMILES string of the molecule is CC(C)(C)OC(=O)NCC1(c2nc(C(F)(F)F)cs2)CC1.Cl.NCC1(c2nc(C(F)(F)F)cs2)CC1. The highest BCUT2D eigenvalue weighted by Gasteiger charge is 2.49. The minimum absolute atomic E-state index is 0. The van der Waals surface area contributed by atoms with Gasteiger partial charge in [0.1, 0.15) is 15.6 Å². The summed E-state index contributed by atoms with van der Waals surface area (Å²) in [6.45, 7) is 5.87. The molecule has 36 heavy (non-hydrogen) atoms. The lowest BCUT2D eigenvalue weighted by Gasteiger charge is -2.21. The molecule has 2 heterocycles. The first-order valence-electron chi connectivity index (χ1n) is 10.7. The second-order valence-corrected chi connectivity index (χ2v) is 11.4. The number of ether oxygens (including phenoxy) is 1. The number of alkyl carbamates (subject to hydrolysis) is 1. The van der Waals surface area contributed by atoms with Crippen LogP contribution in [0.2, 0.25) is 0 Å². The molecule has 0 radical (unpaired) electrons. The maximum Gasteiger partial charge on any atom is 0.434 e. The maximum atomic E-state index is 12.6. The van der Waals surface area contributed by atoms with Gasteiger partial charge in [0, 0.05) is 34.7 Å². The van der Waals surface area contributed by atoms with Gasteiger partial charge in [0.05, 0.1) is 0 Å². The van der Waals surface area contributed by atoms with Crippen LogP contribution in [0.5, 0.6) is 0 Å². The molecule has 0 aliphatic heterocycles. The van der Waals surface area contributed by atoms with Crippen LogP contribution in [0.15, 0.2) is 10.8 Å². The molecule has 2 aromatic heterocycles. The summed E-state index contributed by atoms with van der Waals surface area (Å²) in [7, 11) is 0. The van der Waals surface area contributed by atoms with Crippen molar-refractivity contribution in [3.8, 4) is 0 Å². The standard InChI is InChI=1S/C13H17F3N2O2S.C8H9F3N2S.ClH/c1-11(2,3)20-10(19)17-7-12(4-5-12)9-18-8(6-21-9)13(14,15)16;9-8(10,11)5-3-14-6(13-5)7(4-12)1-2-7;/h6H,4-5,7H2,1-3H3,(H,17,19);3H,1-2,4,12H2;1H. The molecule has 1 amide bonds. The molecule has 0 atom stereocenters. The summed E-state index contributed by atoms with van der Waals surface area (Å²) in [5, 5.41) is 5.65. The van der Waals surface area contributed by atoms with Crippen LogP contribution in [-0.4, -0.2) is 34.8 Å². The molecule has 0 bridgehead atoms. The highest BCUT2D eigenvalue weighted by Crippen LogP contribution is 2.50. The first kappa shape index (κ1) is 30.6.